The highest BCUT2D eigenvalue weighted by atomic mass is 32.1. The van der Waals surface area contributed by atoms with Gasteiger partial charge in [-0.05, 0) is 18.6 Å². The molecule has 1 aliphatic rings. The topological polar surface area (TPSA) is 92.9 Å². The number of morpholine rings is 1. The number of carboxylic acid groups (broad SMARTS) is 1. The fraction of sp³-hybridized carbons (Fsp3) is 0.375. The van der Waals surface area contributed by atoms with E-state index in [2.05, 4.69) is 0 Å². The number of hydrogen-bond acceptors (Lipinski definition) is 6. The number of fused-ring (bicyclic) bond motifs is 1. The first kappa shape index (κ1) is 16.8. The Kier molecular flexibility index (Phi) is 4.53. The summed E-state index contributed by atoms with van der Waals surface area (Å²) >= 11 is 1.13. The molecule has 8 heteroatoms. The molecule has 1 aliphatic heterocycles. The molecule has 0 saturated carbocycles. The molecule has 2 aromatic rings. The van der Waals surface area contributed by atoms with Crippen molar-refractivity contribution in [2.75, 3.05) is 31.2 Å². The van der Waals surface area contributed by atoms with E-state index in [0.29, 0.717) is 42.3 Å². The number of carbonyl (C=O) groups is 1. The van der Waals surface area contributed by atoms with Gasteiger partial charge in [0.05, 0.1) is 24.9 Å². The van der Waals surface area contributed by atoms with Gasteiger partial charge in [0.25, 0.3) is 0 Å². The van der Waals surface area contributed by atoms with E-state index in [1.54, 1.807) is 6.92 Å². The Morgan fingerprint density at radius 1 is 1.58 bits per heavy atom. The van der Waals surface area contributed by atoms with Gasteiger partial charge in [0.2, 0.25) is 5.43 Å². The second-order valence-corrected chi connectivity index (χ2v) is 6.53. The number of hydrogen-bond donors (Lipinski definition) is 2. The largest absolute Gasteiger partial charge is 0.478 e. The summed E-state index contributed by atoms with van der Waals surface area (Å²) in [6, 6.07) is 0.992. The van der Waals surface area contributed by atoms with Gasteiger partial charge >= 0.3 is 5.97 Å². The summed E-state index contributed by atoms with van der Waals surface area (Å²) in [5.74, 6) is -1.86. The summed E-state index contributed by atoms with van der Waals surface area (Å²) in [7, 11) is 0. The molecule has 0 amide bonds. The van der Waals surface area contributed by atoms with E-state index in [-0.39, 0.29) is 17.0 Å². The number of halogens is 1. The second-order valence-electron chi connectivity index (χ2n) is 5.65. The Labute approximate surface area is 141 Å². The SMILES string of the molecule is Cc1c(N2CCOCC2CN)c(F)cc2c(=O)c(C(=O)O)csc12. The smallest absolute Gasteiger partial charge is 0.340 e. The van der Waals surface area contributed by atoms with E-state index in [1.165, 1.54) is 5.38 Å². The molecule has 1 saturated heterocycles. The van der Waals surface area contributed by atoms with Gasteiger partial charge in [-0.2, -0.15) is 0 Å². The number of carboxylic acids is 1. The zero-order valence-electron chi connectivity index (χ0n) is 13.0. The highest BCUT2D eigenvalue weighted by molar-refractivity contribution is 7.17. The fourth-order valence-corrected chi connectivity index (χ4v) is 4.03. The zero-order chi connectivity index (χ0) is 17.4. The van der Waals surface area contributed by atoms with Crippen LogP contribution >= 0.6 is 11.3 Å². The summed E-state index contributed by atoms with van der Waals surface area (Å²) < 4.78 is 20.8. The molecule has 128 valence electrons. The van der Waals surface area contributed by atoms with Crippen molar-refractivity contribution < 1.29 is 19.0 Å². The number of rotatable bonds is 3. The van der Waals surface area contributed by atoms with E-state index < -0.39 is 17.2 Å². The Hall–Kier alpha value is -2.03. The highest BCUT2D eigenvalue weighted by Crippen LogP contribution is 2.34. The lowest BCUT2D eigenvalue weighted by molar-refractivity contribution is 0.0696. The van der Waals surface area contributed by atoms with Crippen LogP contribution in [-0.4, -0.2) is 43.4 Å². The summed E-state index contributed by atoms with van der Waals surface area (Å²) in [6.07, 6.45) is 0. The third kappa shape index (κ3) is 2.66. The predicted molar refractivity (Wildman–Crippen MR) is 90.8 cm³/mol. The third-order valence-corrected chi connectivity index (χ3v) is 5.35. The number of ether oxygens (including phenoxy) is 1. The van der Waals surface area contributed by atoms with Crippen molar-refractivity contribution in [2.24, 2.45) is 5.73 Å². The molecular formula is C16H17FN2O4S. The van der Waals surface area contributed by atoms with E-state index >= 15 is 0 Å². The molecule has 1 unspecified atom stereocenters. The van der Waals surface area contributed by atoms with Gasteiger partial charge in [-0.3, -0.25) is 4.79 Å². The minimum absolute atomic E-state index is 0.0937. The minimum atomic E-state index is -1.31. The van der Waals surface area contributed by atoms with Crippen LogP contribution in [0.3, 0.4) is 0 Å². The maximum Gasteiger partial charge on any atom is 0.340 e. The maximum atomic E-state index is 14.8. The van der Waals surface area contributed by atoms with Gasteiger partial charge in [0, 0.05) is 28.6 Å². The first-order valence-corrected chi connectivity index (χ1v) is 8.36. The molecule has 3 rings (SSSR count). The number of nitrogens with zero attached hydrogens (tertiary/aromatic N) is 1. The number of nitrogens with two attached hydrogens (primary N) is 1. The molecule has 1 atom stereocenters. The van der Waals surface area contributed by atoms with Gasteiger partial charge < -0.3 is 20.5 Å². The van der Waals surface area contributed by atoms with Crippen molar-refractivity contribution in [3.8, 4) is 0 Å². The minimum Gasteiger partial charge on any atom is -0.478 e. The second kappa shape index (κ2) is 6.46. The first-order valence-electron chi connectivity index (χ1n) is 7.48. The summed E-state index contributed by atoms with van der Waals surface area (Å²) in [5.41, 5.74) is 5.78. The quantitative estimate of drug-likeness (QED) is 0.871. The summed E-state index contributed by atoms with van der Waals surface area (Å²) in [5, 5.41) is 10.5. The van der Waals surface area contributed by atoms with Gasteiger partial charge in [0.1, 0.15) is 11.4 Å². The molecule has 3 N–H and O–H groups in total. The van der Waals surface area contributed by atoms with Gasteiger partial charge in [0.15, 0.2) is 0 Å². The number of aromatic carboxylic acids is 1. The number of aryl methyl sites for hydroxylation is 1. The lowest BCUT2D eigenvalue weighted by Crippen LogP contribution is -2.50. The molecule has 0 bridgehead atoms. The average molecular weight is 352 g/mol. The molecular weight excluding hydrogens is 335 g/mol. The normalized spacial score (nSPS) is 18.1. The average Bonchev–Trinajstić information content (AvgIpc) is 2.56. The van der Waals surface area contributed by atoms with Crippen LogP contribution in [-0.2, 0) is 4.74 Å². The van der Waals surface area contributed by atoms with E-state index in [0.717, 1.165) is 17.4 Å². The maximum absolute atomic E-state index is 14.8. The lowest BCUT2D eigenvalue weighted by atomic mass is 10.1. The van der Waals surface area contributed by atoms with Crippen LogP contribution in [0.2, 0.25) is 0 Å². The zero-order valence-corrected chi connectivity index (χ0v) is 13.9. The summed E-state index contributed by atoms with van der Waals surface area (Å²) in [4.78, 5) is 25.3. The predicted octanol–water partition coefficient (Wildman–Crippen LogP) is 1.57. The standard InChI is InChI=1S/C16H17FN2O4S/c1-8-13(19-2-3-23-6-9(19)5-18)12(17)4-10-14(20)11(16(21)22)7-24-15(8)10/h4,7,9H,2-3,5-6,18H2,1H3,(H,21,22). The first-order chi connectivity index (χ1) is 11.5. The molecule has 1 fully saturated rings. The molecule has 1 aromatic heterocycles. The number of benzene rings is 1. The van der Waals surface area contributed by atoms with E-state index in [9.17, 15) is 14.0 Å². The molecule has 1 aromatic carbocycles. The van der Waals surface area contributed by atoms with E-state index in [4.69, 9.17) is 15.6 Å². The Bertz CT molecular complexity index is 867. The van der Waals surface area contributed by atoms with Gasteiger partial charge in [-0.1, -0.05) is 0 Å². The fourth-order valence-electron chi connectivity index (χ4n) is 3.03. The Morgan fingerprint density at radius 3 is 3.00 bits per heavy atom. The van der Waals surface area contributed by atoms with Gasteiger partial charge in [-0.25, -0.2) is 9.18 Å². The summed E-state index contributed by atoms with van der Waals surface area (Å²) in [6.45, 7) is 3.46. The Morgan fingerprint density at radius 2 is 2.33 bits per heavy atom. The molecule has 24 heavy (non-hydrogen) atoms. The molecule has 2 heterocycles. The Balaban J connectivity index is 2.22. The molecule has 0 aliphatic carbocycles. The lowest BCUT2D eigenvalue weighted by Gasteiger charge is -2.37. The van der Waals surface area contributed by atoms with Crippen LogP contribution in [0, 0.1) is 12.7 Å². The van der Waals surface area contributed by atoms with Crippen LogP contribution < -0.4 is 16.1 Å². The number of anilines is 1. The van der Waals surface area contributed by atoms with Crippen LogP contribution in [0.15, 0.2) is 16.2 Å². The monoisotopic (exact) mass is 352 g/mol. The van der Waals surface area contributed by atoms with E-state index in [1.807, 2.05) is 4.90 Å². The van der Waals surface area contributed by atoms with Crippen LogP contribution in [0.25, 0.3) is 10.1 Å². The van der Waals surface area contributed by atoms with Crippen molar-refractivity contribution in [1.29, 1.82) is 0 Å². The van der Waals surface area contributed by atoms with Crippen molar-refractivity contribution in [1.82, 2.24) is 0 Å². The molecule has 0 radical (unpaired) electrons. The van der Waals surface area contributed by atoms with Crippen LogP contribution in [0.5, 0.6) is 0 Å². The van der Waals surface area contributed by atoms with Crippen molar-refractivity contribution in [3.63, 3.8) is 0 Å². The van der Waals surface area contributed by atoms with Crippen molar-refractivity contribution in [2.45, 2.75) is 13.0 Å². The van der Waals surface area contributed by atoms with Crippen LogP contribution in [0.1, 0.15) is 15.9 Å². The van der Waals surface area contributed by atoms with Crippen LogP contribution in [0.4, 0.5) is 10.1 Å². The molecule has 0 spiro atoms. The third-order valence-electron chi connectivity index (χ3n) is 4.24. The van der Waals surface area contributed by atoms with Gasteiger partial charge in [-0.15, -0.1) is 11.3 Å². The molecule has 6 nitrogen and oxygen atoms in total. The van der Waals surface area contributed by atoms with Crippen molar-refractivity contribution in [3.05, 3.63) is 38.6 Å². The highest BCUT2D eigenvalue weighted by Gasteiger charge is 2.27. The van der Waals surface area contributed by atoms with Crippen molar-refractivity contribution >= 4 is 33.1 Å².